The quantitative estimate of drug-likeness (QED) is 0.205. The van der Waals surface area contributed by atoms with Gasteiger partial charge in [-0.25, -0.2) is 22.6 Å². The van der Waals surface area contributed by atoms with Crippen molar-refractivity contribution in [2.75, 3.05) is 44.0 Å². The highest BCUT2D eigenvalue weighted by molar-refractivity contribution is 7.93. The summed E-state index contributed by atoms with van der Waals surface area (Å²) in [6.07, 6.45) is 1.49. The lowest BCUT2D eigenvalue weighted by molar-refractivity contribution is -0.205. The molecular weight excluding hydrogens is 630 g/mol. The van der Waals surface area contributed by atoms with Gasteiger partial charge in [0.05, 0.1) is 22.9 Å². The fourth-order valence-electron chi connectivity index (χ4n) is 4.77. The van der Waals surface area contributed by atoms with Gasteiger partial charge in [0.1, 0.15) is 10.7 Å². The van der Waals surface area contributed by atoms with Crippen molar-refractivity contribution >= 4 is 49.9 Å². The minimum absolute atomic E-state index is 0.00475. The summed E-state index contributed by atoms with van der Waals surface area (Å²) in [7, 11) is -1.22. The second-order valence-electron chi connectivity index (χ2n) is 10.1. The van der Waals surface area contributed by atoms with E-state index in [0.29, 0.717) is 22.1 Å². The lowest BCUT2D eigenvalue weighted by Gasteiger charge is -2.40. The number of halogens is 3. The average Bonchev–Trinajstić information content (AvgIpc) is 3.65. The summed E-state index contributed by atoms with van der Waals surface area (Å²) in [5.41, 5.74) is -0.181. The van der Waals surface area contributed by atoms with E-state index in [0.717, 1.165) is 36.1 Å². The Labute approximate surface area is 256 Å². The number of hydrogen-bond donors (Lipinski definition) is 3. The minimum atomic E-state index is -4.95. The molecule has 1 atom stereocenters. The number of carbonyl (C=O) groups is 1. The topological polar surface area (TPSA) is 142 Å². The third-order valence-corrected chi connectivity index (χ3v) is 10.4. The molecule has 16 heteroatoms. The number of hydrogen-bond acceptors (Lipinski definition) is 9. The summed E-state index contributed by atoms with van der Waals surface area (Å²) in [5, 5.41) is 20.8. The molecule has 1 aliphatic carbocycles. The number of carboxylic acid groups (broad SMARTS) is 1. The van der Waals surface area contributed by atoms with Gasteiger partial charge in [0.2, 0.25) is 5.13 Å². The zero-order valence-electron chi connectivity index (χ0n) is 23.5. The number of aromatic nitrogens is 1. The molecule has 1 fully saturated rings. The molecule has 3 N–H and O–H groups in total. The molecule has 1 saturated carbocycles. The van der Waals surface area contributed by atoms with Crippen molar-refractivity contribution in [3.05, 3.63) is 70.2 Å². The van der Waals surface area contributed by atoms with E-state index in [4.69, 9.17) is 21.1 Å². The predicted molar refractivity (Wildman–Crippen MR) is 157 cm³/mol. The highest BCUT2D eigenvalue weighted by Crippen LogP contribution is 2.49. The molecule has 4 rings (SSSR count). The van der Waals surface area contributed by atoms with Crippen LogP contribution in [0.4, 0.5) is 24.4 Å². The van der Waals surface area contributed by atoms with Crippen molar-refractivity contribution in [3.8, 4) is 0 Å². The Balaban J connectivity index is 1.73. The van der Waals surface area contributed by atoms with Crippen molar-refractivity contribution in [1.29, 1.82) is 0 Å². The van der Waals surface area contributed by atoms with E-state index >= 15 is 4.39 Å². The Morgan fingerprint density at radius 3 is 2.40 bits per heavy atom. The molecule has 11 nitrogen and oxygen atoms in total. The molecule has 1 aromatic heterocycles. The van der Waals surface area contributed by atoms with Crippen molar-refractivity contribution < 1.29 is 41.7 Å². The van der Waals surface area contributed by atoms with Crippen molar-refractivity contribution in [2.45, 2.75) is 36.1 Å². The first-order valence-corrected chi connectivity index (χ1v) is 15.6. The standard InChI is InChI=1S/C27H31ClF2N4O7S2/c1-33(25(36)37)18(13-26(16-35)9-10-26)14-31-21-12-20(29)22(11-19(21)28)43(38,39)34(24-32-15-23(30)42-24)27(40-2,41-3)17-7-5-4-6-8-17/h4-8,11-12,15,18,31,35H,9-10,13-14,16H2,1-3H3,(H,36,37). The van der Waals surface area contributed by atoms with Gasteiger partial charge in [-0.1, -0.05) is 53.3 Å². The van der Waals surface area contributed by atoms with Crippen molar-refractivity contribution in [2.24, 2.45) is 5.41 Å². The van der Waals surface area contributed by atoms with Crippen molar-refractivity contribution in [3.63, 3.8) is 0 Å². The van der Waals surface area contributed by atoms with Crippen LogP contribution >= 0.6 is 22.9 Å². The number of rotatable bonds is 14. The highest BCUT2D eigenvalue weighted by Gasteiger charge is 2.50. The number of amides is 1. The van der Waals surface area contributed by atoms with Gasteiger partial charge >= 0.3 is 6.09 Å². The van der Waals surface area contributed by atoms with E-state index < -0.39 is 49.0 Å². The summed E-state index contributed by atoms with van der Waals surface area (Å²) in [5.74, 6) is -3.43. The first-order valence-electron chi connectivity index (χ1n) is 13.0. The maximum absolute atomic E-state index is 15.7. The molecule has 3 aromatic rings. The number of benzene rings is 2. The number of nitrogens with zero attached hydrogens (tertiary/aromatic N) is 3. The summed E-state index contributed by atoms with van der Waals surface area (Å²) in [4.78, 5) is 15.8. The largest absolute Gasteiger partial charge is 0.465 e. The van der Waals surface area contributed by atoms with Crippen LogP contribution in [-0.2, 0) is 25.4 Å². The molecule has 0 saturated heterocycles. The third-order valence-electron chi connectivity index (χ3n) is 7.48. The number of sulfonamides is 1. The number of likely N-dealkylation sites (N-methyl/N-ethyl adjacent to an activating group) is 1. The first-order chi connectivity index (χ1) is 20.3. The summed E-state index contributed by atoms with van der Waals surface area (Å²) < 4.78 is 70.0. The van der Waals surface area contributed by atoms with Crippen LogP contribution in [0.2, 0.25) is 5.02 Å². The molecule has 43 heavy (non-hydrogen) atoms. The normalized spacial score (nSPS) is 15.1. The fourth-order valence-corrected chi connectivity index (χ4v) is 7.65. The second-order valence-corrected chi connectivity index (χ2v) is 13.2. The van der Waals surface area contributed by atoms with E-state index in [1.165, 1.54) is 33.4 Å². The van der Waals surface area contributed by atoms with Gasteiger partial charge in [-0.15, -0.1) is 0 Å². The van der Waals surface area contributed by atoms with Gasteiger partial charge in [0, 0.05) is 40.0 Å². The lowest BCUT2D eigenvalue weighted by atomic mass is 9.97. The fraction of sp³-hybridized carbons (Fsp3) is 0.407. The number of thiazole rings is 1. The van der Waals surface area contributed by atoms with E-state index in [-0.39, 0.29) is 34.8 Å². The van der Waals surface area contributed by atoms with Gasteiger partial charge in [-0.3, -0.25) is 0 Å². The number of aliphatic hydroxyl groups excluding tert-OH is 1. The van der Waals surface area contributed by atoms with Crippen LogP contribution < -0.4 is 9.62 Å². The smallest absolute Gasteiger partial charge is 0.407 e. The lowest BCUT2D eigenvalue weighted by Crippen LogP contribution is -2.52. The molecule has 1 unspecified atom stereocenters. The maximum Gasteiger partial charge on any atom is 0.407 e. The first kappa shape index (κ1) is 32.8. The number of methoxy groups -OCH3 is 2. The van der Waals surface area contributed by atoms with E-state index in [1.54, 1.807) is 18.2 Å². The number of nitrogens with one attached hydrogen (secondary N) is 1. The Bertz CT molecular complexity index is 1550. The number of aliphatic hydroxyl groups is 1. The van der Waals surface area contributed by atoms with Gasteiger partial charge in [0.15, 0.2) is 5.13 Å². The van der Waals surface area contributed by atoms with E-state index in [1.807, 2.05) is 0 Å². The molecular formula is C27H31ClF2N4O7S2. The molecule has 0 bridgehead atoms. The number of ether oxygens (including phenoxy) is 2. The highest BCUT2D eigenvalue weighted by atomic mass is 35.5. The van der Waals surface area contributed by atoms with Crippen LogP contribution in [0.3, 0.4) is 0 Å². The van der Waals surface area contributed by atoms with Crippen LogP contribution in [0.5, 0.6) is 0 Å². The van der Waals surface area contributed by atoms with Gasteiger partial charge in [0.25, 0.3) is 15.9 Å². The van der Waals surface area contributed by atoms with Gasteiger partial charge < -0.3 is 29.9 Å². The third kappa shape index (κ3) is 6.56. The van der Waals surface area contributed by atoms with E-state index in [2.05, 4.69) is 10.3 Å². The monoisotopic (exact) mass is 660 g/mol. The van der Waals surface area contributed by atoms with Crippen LogP contribution in [0.15, 0.2) is 53.6 Å². The second kappa shape index (κ2) is 12.9. The molecule has 1 heterocycles. The van der Waals surface area contributed by atoms with Crippen LogP contribution in [0, 0.1) is 16.4 Å². The van der Waals surface area contributed by atoms with Crippen molar-refractivity contribution in [1.82, 2.24) is 9.88 Å². The van der Waals surface area contributed by atoms with Crippen LogP contribution in [0.25, 0.3) is 0 Å². The van der Waals surface area contributed by atoms with E-state index in [9.17, 15) is 27.8 Å². The SMILES string of the molecule is COC(OC)(c1ccccc1)N(c1ncc(F)s1)S(=O)(=O)c1cc(Cl)c(NCC(CC2(CO)CC2)N(C)C(=O)O)cc1F. The Hall–Kier alpha value is -3.08. The van der Waals surface area contributed by atoms with Crippen LogP contribution in [-0.4, -0.2) is 75.1 Å². The number of anilines is 2. The zero-order chi connectivity index (χ0) is 31.6. The molecule has 1 amide bonds. The average molecular weight is 661 g/mol. The molecule has 1 aliphatic rings. The summed E-state index contributed by atoms with van der Waals surface area (Å²) >= 11 is 6.82. The molecule has 2 aromatic carbocycles. The zero-order valence-corrected chi connectivity index (χ0v) is 25.8. The Kier molecular flexibility index (Phi) is 9.83. The minimum Gasteiger partial charge on any atom is -0.465 e. The van der Waals surface area contributed by atoms with Crippen LogP contribution in [0.1, 0.15) is 24.8 Å². The molecule has 0 radical (unpaired) electrons. The van der Waals surface area contributed by atoms with Gasteiger partial charge in [-0.2, -0.15) is 8.70 Å². The molecule has 0 aliphatic heterocycles. The maximum atomic E-state index is 15.7. The predicted octanol–water partition coefficient (Wildman–Crippen LogP) is 4.93. The molecule has 0 spiro atoms. The Morgan fingerprint density at radius 1 is 1.23 bits per heavy atom. The Morgan fingerprint density at radius 2 is 1.88 bits per heavy atom. The summed E-state index contributed by atoms with van der Waals surface area (Å²) in [6, 6.07) is 9.09. The summed E-state index contributed by atoms with van der Waals surface area (Å²) in [6.45, 7) is -0.0867. The van der Waals surface area contributed by atoms with Gasteiger partial charge in [-0.05, 0) is 36.8 Å². The molecule has 234 valence electrons.